The molecule has 0 bridgehead atoms. The van der Waals surface area contributed by atoms with Crippen LogP contribution in [0.4, 0.5) is 19.4 Å². The highest BCUT2D eigenvalue weighted by molar-refractivity contribution is 5.89. The lowest BCUT2D eigenvalue weighted by molar-refractivity contribution is 0.0500. The van der Waals surface area contributed by atoms with Gasteiger partial charge in [0, 0.05) is 55.8 Å². The van der Waals surface area contributed by atoms with Crippen LogP contribution in [0.3, 0.4) is 0 Å². The van der Waals surface area contributed by atoms with E-state index in [1.54, 1.807) is 36.0 Å². The molecule has 11 nitrogen and oxygen atoms in total. The third-order valence-corrected chi connectivity index (χ3v) is 7.28. The van der Waals surface area contributed by atoms with E-state index in [1.165, 1.54) is 22.9 Å². The molecule has 1 N–H and O–H groups in total. The lowest BCUT2D eigenvalue weighted by Crippen LogP contribution is -2.49. The molecular weight excluding hydrogens is 556 g/mol. The Labute approximate surface area is 245 Å². The van der Waals surface area contributed by atoms with E-state index < -0.39 is 23.3 Å². The molecule has 0 spiro atoms. The number of carbonyl (C=O) groups is 1. The first-order valence-electron chi connectivity index (χ1n) is 13.8. The topological polar surface area (TPSA) is 126 Å². The van der Waals surface area contributed by atoms with Gasteiger partial charge in [0.25, 0.3) is 0 Å². The summed E-state index contributed by atoms with van der Waals surface area (Å²) in [6.07, 6.45) is 4.32. The number of nitrogens with one attached hydrogen (secondary N) is 1. The van der Waals surface area contributed by atoms with Crippen LogP contribution in [0.1, 0.15) is 39.2 Å². The fourth-order valence-corrected chi connectivity index (χ4v) is 5.40. The predicted molar refractivity (Wildman–Crippen MR) is 155 cm³/mol. The van der Waals surface area contributed by atoms with Gasteiger partial charge in [0.1, 0.15) is 28.8 Å². The van der Waals surface area contributed by atoms with Crippen molar-refractivity contribution in [3.63, 3.8) is 0 Å². The summed E-state index contributed by atoms with van der Waals surface area (Å²) in [5.74, 6) is -0.716. The molecule has 0 radical (unpaired) electrons. The molecule has 13 heteroatoms. The second kappa shape index (κ2) is 10.6. The van der Waals surface area contributed by atoms with E-state index in [-0.39, 0.29) is 17.2 Å². The van der Waals surface area contributed by atoms with Crippen LogP contribution in [-0.2, 0) is 11.8 Å². The molecule has 1 atom stereocenters. The summed E-state index contributed by atoms with van der Waals surface area (Å²) in [4.78, 5) is 24.0. The summed E-state index contributed by atoms with van der Waals surface area (Å²) < 4.78 is 39.3. The van der Waals surface area contributed by atoms with E-state index in [9.17, 15) is 14.4 Å². The Kier molecular flexibility index (Phi) is 6.92. The molecule has 0 saturated carbocycles. The number of amides is 1. The molecule has 5 aromatic rings. The number of nitriles is 1. The number of aromatic nitrogens is 6. The van der Waals surface area contributed by atoms with Gasteiger partial charge in [-0.1, -0.05) is 11.3 Å². The van der Waals surface area contributed by atoms with Crippen molar-refractivity contribution < 1.29 is 18.3 Å². The first-order chi connectivity index (χ1) is 20.5. The smallest absolute Gasteiger partial charge is 0.407 e. The van der Waals surface area contributed by atoms with Crippen LogP contribution < -0.4 is 10.2 Å². The molecule has 2 aromatic carbocycles. The predicted octanol–water partition coefficient (Wildman–Crippen LogP) is 4.99. The number of piperidine rings is 1. The zero-order valence-electron chi connectivity index (χ0n) is 24.1. The molecule has 1 amide bonds. The summed E-state index contributed by atoms with van der Waals surface area (Å²) in [6.45, 7) is 6.53. The second-order valence-electron chi connectivity index (χ2n) is 11.5. The van der Waals surface area contributed by atoms with Crippen molar-refractivity contribution in [1.82, 2.24) is 34.7 Å². The second-order valence-corrected chi connectivity index (χ2v) is 11.5. The Hall–Kier alpha value is -5.12. The zero-order valence-corrected chi connectivity index (χ0v) is 24.1. The normalized spacial score (nSPS) is 15.6. The molecule has 6 rings (SSSR count). The number of alkyl carbamates (subject to hydrolysis) is 1. The van der Waals surface area contributed by atoms with Crippen LogP contribution in [0.15, 0.2) is 42.7 Å². The summed E-state index contributed by atoms with van der Waals surface area (Å²) in [5, 5.41) is 20.3. The minimum absolute atomic E-state index is 0.111. The maximum absolute atomic E-state index is 15.8. The number of imidazole rings is 1. The average Bonchev–Trinajstić information content (AvgIpc) is 3.51. The monoisotopic (exact) mass is 585 g/mol. The quantitative estimate of drug-likeness (QED) is 0.313. The van der Waals surface area contributed by atoms with Crippen molar-refractivity contribution in [2.24, 2.45) is 7.05 Å². The summed E-state index contributed by atoms with van der Waals surface area (Å²) in [6, 6.07) is 8.76. The van der Waals surface area contributed by atoms with Gasteiger partial charge in [-0.15, -0.1) is 5.10 Å². The third kappa shape index (κ3) is 5.31. The molecule has 3 aromatic heterocycles. The largest absolute Gasteiger partial charge is 0.444 e. The maximum atomic E-state index is 15.8. The van der Waals surface area contributed by atoms with Gasteiger partial charge < -0.3 is 15.0 Å². The van der Waals surface area contributed by atoms with E-state index in [4.69, 9.17) is 9.72 Å². The Morgan fingerprint density at radius 3 is 2.74 bits per heavy atom. The molecule has 1 unspecified atom stereocenters. The minimum Gasteiger partial charge on any atom is -0.444 e. The Morgan fingerprint density at radius 1 is 1.19 bits per heavy atom. The van der Waals surface area contributed by atoms with Crippen LogP contribution in [-0.4, -0.2) is 60.2 Å². The molecule has 1 aliphatic heterocycles. The number of ether oxygens (including phenoxy) is 1. The van der Waals surface area contributed by atoms with E-state index in [0.29, 0.717) is 52.5 Å². The summed E-state index contributed by atoms with van der Waals surface area (Å²) >= 11 is 0. The molecule has 1 fully saturated rings. The Morgan fingerprint density at radius 2 is 2.00 bits per heavy atom. The number of aryl methyl sites for hydroxylation is 1. The number of fused-ring (bicyclic) bond motifs is 2. The highest BCUT2D eigenvalue weighted by atomic mass is 19.1. The maximum Gasteiger partial charge on any atom is 0.407 e. The lowest BCUT2D eigenvalue weighted by Gasteiger charge is -2.34. The van der Waals surface area contributed by atoms with Crippen molar-refractivity contribution in [1.29, 1.82) is 5.26 Å². The number of hydrogen-bond donors (Lipinski definition) is 1. The molecule has 0 aliphatic carbocycles. The minimum atomic E-state index is -0.710. The summed E-state index contributed by atoms with van der Waals surface area (Å²) in [7, 11) is 1.68. The van der Waals surface area contributed by atoms with E-state index in [0.717, 1.165) is 12.8 Å². The number of nitrogens with zero attached hydrogens (tertiary/aromatic N) is 8. The number of carbonyl (C=O) groups excluding carboxylic acids is 1. The first kappa shape index (κ1) is 28.0. The van der Waals surface area contributed by atoms with E-state index in [2.05, 4.69) is 20.6 Å². The van der Waals surface area contributed by atoms with Crippen molar-refractivity contribution >= 4 is 28.6 Å². The molecule has 1 saturated heterocycles. The third-order valence-electron chi connectivity index (χ3n) is 7.28. The van der Waals surface area contributed by atoms with Crippen LogP contribution >= 0.6 is 0 Å². The van der Waals surface area contributed by atoms with Crippen LogP contribution in [0.2, 0.25) is 0 Å². The van der Waals surface area contributed by atoms with Crippen molar-refractivity contribution in [3.05, 3.63) is 59.9 Å². The van der Waals surface area contributed by atoms with Crippen molar-refractivity contribution in [2.45, 2.75) is 45.3 Å². The molecule has 220 valence electrons. The van der Waals surface area contributed by atoms with Crippen LogP contribution in [0, 0.1) is 23.0 Å². The van der Waals surface area contributed by atoms with Gasteiger partial charge in [0.05, 0.1) is 22.5 Å². The van der Waals surface area contributed by atoms with Gasteiger partial charge in [-0.05, 0) is 51.8 Å². The summed E-state index contributed by atoms with van der Waals surface area (Å²) in [5.41, 5.74) is 1.92. The van der Waals surface area contributed by atoms with Crippen LogP contribution in [0.5, 0.6) is 0 Å². The first-order valence-corrected chi connectivity index (χ1v) is 13.8. The highest BCUT2D eigenvalue weighted by Gasteiger charge is 2.29. The van der Waals surface area contributed by atoms with E-state index in [1.807, 2.05) is 31.7 Å². The van der Waals surface area contributed by atoms with E-state index >= 15 is 4.39 Å². The molecule has 1 aliphatic rings. The highest BCUT2D eigenvalue weighted by Crippen LogP contribution is 2.38. The van der Waals surface area contributed by atoms with Crippen molar-refractivity contribution in [2.75, 3.05) is 18.0 Å². The lowest BCUT2D eigenvalue weighted by atomic mass is 10.0. The fourth-order valence-electron chi connectivity index (χ4n) is 5.40. The number of anilines is 1. The molecule has 43 heavy (non-hydrogen) atoms. The zero-order chi connectivity index (χ0) is 30.5. The molecule has 4 heterocycles. The van der Waals surface area contributed by atoms with Gasteiger partial charge >= 0.3 is 6.09 Å². The standard InChI is InChI=1S/C30H29F2N9O2/c1-30(2,3)43-29(42)35-19-6-5-10-40(16-19)27-28-36-25(17-7-8-18(15-33)21(31)12-17)26(41(28)11-9-34-27)20-13-23-24(14-22(20)32)39(4)38-37-23/h7-9,11-14,19H,5-6,10,16H2,1-4H3,(H,35,42). The Balaban J connectivity index is 1.48. The number of rotatable bonds is 4. The number of hydrogen-bond acceptors (Lipinski definition) is 8. The van der Waals surface area contributed by atoms with Crippen molar-refractivity contribution in [3.8, 4) is 28.6 Å². The van der Waals surface area contributed by atoms with Gasteiger partial charge in [0.2, 0.25) is 0 Å². The number of halogens is 2. The SMILES string of the molecule is Cn1nnc2cc(-c3c(-c4ccc(C#N)c(F)c4)nc4c(N5CCCC(NC(=O)OC(C)(C)C)C5)nccn34)c(F)cc21. The van der Waals surface area contributed by atoms with Gasteiger partial charge in [-0.2, -0.15) is 5.26 Å². The average molecular weight is 586 g/mol. The molecular formula is C30H29F2N9O2. The van der Waals surface area contributed by atoms with Gasteiger partial charge in [0.15, 0.2) is 11.5 Å². The Bertz CT molecular complexity index is 1920. The fraction of sp³-hybridized carbons (Fsp3) is 0.333. The van der Waals surface area contributed by atoms with Crippen LogP contribution in [0.25, 0.3) is 39.2 Å². The van der Waals surface area contributed by atoms with Gasteiger partial charge in [-0.3, -0.25) is 4.40 Å². The van der Waals surface area contributed by atoms with Gasteiger partial charge in [-0.25, -0.2) is 28.2 Å². The number of benzene rings is 2.